The van der Waals surface area contributed by atoms with Gasteiger partial charge in [0.1, 0.15) is 5.75 Å². The monoisotopic (exact) mass is 307 g/mol. The van der Waals surface area contributed by atoms with Crippen molar-refractivity contribution < 1.29 is 9.53 Å². The van der Waals surface area contributed by atoms with E-state index in [0.29, 0.717) is 6.61 Å². The molecule has 0 aromatic heterocycles. The number of benzene rings is 2. The van der Waals surface area contributed by atoms with Crippen molar-refractivity contribution in [2.24, 2.45) is 11.7 Å². The number of hydrogen-bond donors (Lipinski definition) is 1. The summed E-state index contributed by atoms with van der Waals surface area (Å²) < 4.78 is 6.60. The van der Waals surface area contributed by atoms with Gasteiger partial charge >= 0.3 is 0 Å². The molecule has 0 saturated heterocycles. The topological polar surface area (TPSA) is 52.3 Å². The highest BCUT2D eigenvalue weighted by molar-refractivity contribution is 9.10. The van der Waals surface area contributed by atoms with E-state index in [-0.39, 0.29) is 11.8 Å². The van der Waals surface area contributed by atoms with Gasteiger partial charge in [0, 0.05) is 4.47 Å². The number of hydrogen-bond acceptors (Lipinski definition) is 2. The first-order valence-corrected chi connectivity index (χ1v) is 6.47. The van der Waals surface area contributed by atoms with Gasteiger partial charge in [0.25, 0.3) is 0 Å². The number of ether oxygens (including phenoxy) is 1. The van der Waals surface area contributed by atoms with Gasteiger partial charge in [0.2, 0.25) is 5.91 Å². The molecule has 0 aliphatic rings. The van der Waals surface area contributed by atoms with Gasteiger partial charge in [-0.2, -0.15) is 0 Å². The number of carbonyl (C=O) groups is 1. The maximum absolute atomic E-state index is 10.9. The fraction of sp³-hybridized carbons (Fsp3) is 0.214. The Kier molecular flexibility index (Phi) is 3.87. The number of nitrogens with two attached hydrogens (primary N) is 1. The van der Waals surface area contributed by atoms with Crippen molar-refractivity contribution in [2.75, 3.05) is 6.61 Å². The minimum absolute atomic E-state index is 0.286. The highest BCUT2D eigenvalue weighted by atomic mass is 79.9. The highest BCUT2D eigenvalue weighted by Crippen LogP contribution is 2.24. The molecule has 3 nitrogen and oxygen atoms in total. The molecule has 94 valence electrons. The van der Waals surface area contributed by atoms with Crippen LogP contribution in [0, 0.1) is 5.92 Å². The number of fused-ring (bicyclic) bond motifs is 1. The lowest BCUT2D eigenvalue weighted by Gasteiger charge is -2.10. The molecule has 2 N–H and O–H groups in total. The third kappa shape index (κ3) is 3.01. The number of amides is 1. The predicted molar refractivity (Wildman–Crippen MR) is 75.5 cm³/mol. The Morgan fingerprint density at radius 2 is 1.94 bits per heavy atom. The largest absolute Gasteiger partial charge is 0.493 e. The zero-order valence-corrected chi connectivity index (χ0v) is 11.6. The smallest absolute Gasteiger partial charge is 0.223 e. The standard InChI is InChI=1S/C14H14BrNO2/c1-9(14(16)17)8-18-13-5-3-10-6-12(15)4-2-11(10)7-13/h2-7,9H,8H2,1H3,(H2,16,17). The molecule has 1 amide bonds. The molecule has 2 rings (SSSR count). The number of rotatable bonds is 4. The van der Waals surface area contributed by atoms with Crippen LogP contribution in [0.15, 0.2) is 40.9 Å². The summed E-state index contributed by atoms with van der Waals surface area (Å²) in [6, 6.07) is 11.9. The van der Waals surface area contributed by atoms with E-state index in [1.807, 2.05) is 36.4 Å². The van der Waals surface area contributed by atoms with Gasteiger partial charge in [0.05, 0.1) is 12.5 Å². The zero-order chi connectivity index (χ0) is 13.1. The average Bonchev–Trinajstić information content (AvgIpc) is 2.35. The molecule has 0 saturated carbocycles. The normalized spacial score (nSPS) is 12.3. The van der Waals surface area contributed by atoms with Gasteiger partial charge in [-0.3, -0.25) is 4.79 Å². The fourth-order valence-corrected chi connectivity index (χ4v) is 1.97. The predicted octanol–water partition coefficient (Wildman–Crippen LogP) is 3.10. The van der Waals surface area contributed by atoms with Gasteiger partial charge in [-0.1, -0.05) is 35.0 Å². The van der Waals surface area contributed by atoms with Crippen molar-refractivity contribution in [1.82, 2.24) is 0 Å². The summed E-state index contributed by atoms with van der Waals surface area (Å²) in [5.74, 6) is 0.114. The quantitative estimate of drug-likeness (QED) is 0.943. The van der Waals surface area contributed by atoms with Gasteiger partial charge in [0.15, 0.2) is 0 Å². The molecule has 0 radical (unpaired) electrons. The summed E-state index contributed by atoms with van der Waals surface area (Å²) in [5, 5.41) is 2.24. The second-order valence-electron chi connectivity index (χ2n) is 4.27. The summed E-state index contributed by atoms with van der Waals surface area (Å²) in [6.45, 7) is 2.05. The van der Waals surface area contributed by atoms with Crippen molar-refractivity contribution >= 4 is 32.6 Å². The molecule has 0 aliphatic heterocycles. The number of primary amides is 1. The van der Waals surface area contributed by atoms with Crippen LogP contribution in [0.3, 0.4) is 0 Å². The van der Waals surface area contributed by atoms with E-state index in [9.17, 15) is 4.79 Å². The molecule has 18 heavy (non-hydrogen) atoms. The number of carbonyl (C=O) groups excluding carboxylic acids is 1. The molecule has 2 aromatic carbocycles. The lowest BCUT2D eigenvalue weighted by atomic mass is 10.1. The molecule has 2 aromatic rings. The molecule has 0 fully saturated rings. The first kappa shape index (κ1) is 12.9. The van der Waals surface area contributed by atoms with E-state index in [4.69, 9.17) is 10.5 Å². The van der Waals surface area contributed by atoms with Gasteiger partial charge in [-0.25, -0.2) is 0 Å². The maximum atomic E-state index is 10.9. The van der Waals surface area contributed by atoms with E-state index in [0.717, 1.165) is 21.0 Å². The second-order valence-corrected chi connectivity index (χ2v) is 5.18. The third-order valence-electron chi connectivity index (χ3n) is 2.76. The molecule has 4 heteroatoms. The Labute approximate surface area is 114 Å². The Bertz CT molecular complexity index is 583. The van der Waals surface area contributed by atoms with Crippen molar-refractivity contribution in [3.8, 4) is 5.75 Å². The van der Waals surface area contributed by atoms with Crippen LogP contribution in [0.1, 0.15) is 6.92 Å². The lowest BCUT2D eigenvalue weighted by Crippen LogP contribution is -2.25. The van der Waals surface area contributed by atoms with Crippen LogP contribution in [0.2, 0.25) is 0 Å². The SMILES string of the molecule is CC(COc1ccc2cc(Br)ccc2c1)C(N)=O. The second kappa shape index (κ2) is 5.40. The Morgan fingerprint density at radius 1 is 1.28 bits per heavy atom. The lowest BCUT2D eigenvalue weighted by molar-refractivity contribution is -0.122. The average molecular weight is 308 g/mol. The zero-order valence-electron chi connectivity index (χ0n) is 10.0. The van der Waals surface area contributed by atoms with E-state index in [1.165, 1.54) is 0 Å². The van der Waals surface area contributed by atoms with Crippen molar-refractivity contribution in [3.63, 3.8) is 0 Å². The van der Waals surface area contributed by atoms with E-state index in [1.54, 1.807) is 6.92 Å². The molecular formula is C14H14BrNO2. The Balaban J connectivity index is 2.15. The van der Waals surface area contributed by atoms with Crippen LogP contribution in [0.25, 0.3) is 10.8 Å². The molecule has 0 spiro atoms. The Morgan fingerprint density at radius 3 is 2.67 bits per heavy atom. The van der Waals surface area contributed by atoms with Gasteiger partial charge in [-0.05, 0) is 35.0 Å². The third-order valence-corrected chi connectivity index (χ3v) is 3.25. The van der Waals surface area contributed by atoms with E-state index >= 15 is 0 Å². The summed E-state index contributed by atoms with van der Waals surface area (Å²) >= 11 is 3.43. The minimum Gasteiger partial charge on any atom is -0.493 e. The van der Waals surface area contributed by atoms with Crippen LogP contribution >= 0.6 is 15.9 Å². The maximum Gasteiger partial charge on any atom is 0.223 e. The summed E-state index contributed by atoms with van der Waals surface area (Å²) in [5.41, 5.74) is 5.18. The molecule has 0 aliphatic carbocycles. The van der Waals surface area contributed by atoms with Gasteiger partial charge < -0.3 is 10.5 Å². The molecule has 1 unspecified atom stereocenters. The molecule has 0 bridgehead atoms. The fourth-order valence-electron chi connectivity index (χ4n) is 1.59. The summed E-state index contributed by atoms with van der Waals surface area (Å²) in [4.78, 5) is 10.9. The van der Waals surface area contributed by atoms with Crippen LogP contribution in [0.5, 0.6) is 5.75 Å². The summed E-state index contributed by atoms with van der Waals surface area (Å²) in [7, 11) is 0. The van der Waals surface area contributed by atoms with Crippen LogP contribution < -0.4 is 10.5 Å². The Hall–Kier alpha value is -1.55. The van der Waals surface area contributed by atoms with Gasteiger partial charge in [-0.15, -0.1) is 0 Å². The van der Waals surface area contributed by atoms with E-state index < -0.39 is 0 Å². The van der Waals surface area contributed by atoms with Crippen molar-refractivity contribution in [1.29, 1.82) is 0 Å². The number of halogens is 1. The van der Waals surface area contributed by atoms with Crippen LogP contribution in [0.4, 0.5) is 0 Å². The van der Waals surface area contributed by atoms with Crippen molar-refractivity contribution in [3.05, 3.63) is 40.9 Å². The molecular weight excluding hydrogens is 294 g/mol. The van der Waals surface area contributed by atoms with Crippen LogP contribution in [-0.2, 0) is 4.79 Å². The van der Waals surface area contributed by atoms with E-state index in [2.05, 4.69) is 15.9 Å². The molecule has 0 heterocycles. The molecule has 1 atom stereocenters. The summed E-state index contributed by atoms with van der Waals surface area (Å²) in [6.07, 6.45) is 0. The van der Waals surface area contributed by atoms with Crippen molar-refractivity contribution in [2.45, 2.75) is 6.92 Å². The first-order chi connectivity index (χ1) is 8.56. The highest BCUT2D eigenvalue weighted by Gasteiger charge is 2.09. The minimum atomic E-state index is -0.347. The first-order valence-electron chi connectivity index (χ1n) is 5.67. The van der Waals surface area contributed by atoms with Crippen LogP contribution in [-0.4, -0.2) is 12.5 Å².